The summed E-state index contributed by atoms with van der Waals surface area (Å²) in [7, 11) is 0. The number of carbonyl (C=O) groups is 1. The van der Waals surface area contributed by atoms with Crippen LogP contribution in [0.2, 0.25) is 0 Å². The number of ketones is 1. The molecule has 12 heavy (non-hydrogen) atoms. The topological polar surface area (TPSA) is 17.1 Å². The fraction of sp³-hybridized carbons (Fsp3) is 0.875. The first-order valence-electron chi connectivity index (χ1n) is 3.96. The van der Waals surface area contributed by atoms with Crippen LogP contribution < -0.4 is 0 Å². The van der Waals surface area contributed by atoms with Crippen LogP contribution in [0.3, 0.4) is 0 Å². The van der Waals surface area contributed by atoms with E-state index in [0.29, 0.717) is 6.42 Å². The second kappa shape index (κ2) is 4.48. The van der Waals surface area contributed by atoms with Crippen molar-refractivity contribution in [3.63, 3.8) is 0 Å². The molecule has 0 aromatic rings. The normalized spacial score (nSPS) is 14.4. The fourth-order valence-electron chi connectivity index (χ4n) is 0.890. The van der Waals surface area contributed by atoms with Gasteiger partial charge in [-0.15, -0.1) is 0 Å². The first-order valence-corrected chi connectivity index (χ1v) is 3.96. The number of Topliss-reactive ketones (excluding diaryl/α,β-unsaturated/α-hetero) is 1. The molecule has 0 heterocycles. The predicted octanol–water partition coefficient (Wildman–Crippen LogP) is 2.94. The molecule has 0 amide bonds. The quantitative estimate of drug-likeness (QED) is 0.653. The van der Waals surface area contributed by atoms with Crippen molar-refractivity contribution in [2.45, 2.75) is 39.3 Å². The van der Waals surface area contributed by atoms with Gasteiger partial charge in [0.15, 0.2) is 0 Å². The minimum absolute atomic E-state index is 0.0871. The lowest BCUT2D eigenvalue weighted by molar-refractivity contribution is -0.139. The molecule has 4 heteroatoms. The van der Waals surface area contributed by atoms with E-state index in [9.17, 15) is 18.0 Å². The number of halogens is 3. The van der Waals surface area contributed by atoms with Gasteiger partial charge in [0.25, 0.3) is 0 Å². The molecule has 0 aromatic carbocycles. The molecule has 0 aliphatic heterocycles. The number of rotatable bonds is 4. The van der Waals surface area contributed by atoms with Gasteiger partial charge in [0.2, 0.25) is 0 Å². The first kappa shape index (κ1) is 11.5. The third-order valence-corrected chi connectivity index (χ3v) is 1.76. The van der Waals surface area contributed by atoms with E-state index in [1.54, 1.807) is 6.92 Å². The number of hydrogen-bond acceptors (Lipinski definition) is 1. The monoisotopic (exact) mass is 182 g/mol. The molecule has 1 nitrogen and oxygen atoms in total. The largest absolute Gasteiger partial charge is 0.389 e. The molecule has 1 unspecified atom stereocenters. The summed E-state index contributed by atoms with van der Waals surface area (Å²) in [6.07, 6.45) is -4.77. The van der Waals surface area contributed by atoms with Crippen LogP contribution in [0.1, 0.15) is 33.1 Å². The fourth-order valence-corrected chi connectivity index (χ4v) is 0.890. The Kier molecular flexibility index (Phi) is 4.28. The molecule has 1 atom stereocenters. The van der Waals surface area contributed by atoms with Crippen LogP contribution in [0.15, 0.2) is 0 Å². The Morgan fingerprint density at radius 2 is 1.92 bits per heavy atom. The Balaban J connectivity index is 3.72. The summed E-state index contributed by atoms with van der Waals surface area (Å²) < 4.78 is 35.0. The summed E-state index contributed by atoms with van der Waals surface area (Å²) in [5, 5.41) is 0. The van der Waals surface area contributed by atoms with Crippen LogP contribution in [0.5, 0.6) is 0 Å². The predicted molar refractivity (Wildman–Crippen MR) is 39.8 cm³/mol. The molecule has 0 aliphatic rings. The smallest absolute Gasteiger partial charge is 0.299 e. The lowest BCUT2D eigenvalue weighted by atomic mass is 9.99. The van der Waals surface area contributed by atoms with Crippen molar-refractivity contribution in [1.82, 2.24) is 0 Å². The van der Waals surface area contributed by atoms with E-state index in [-0.39, 0.29) is 12.2 Å². The van der Waals surface area contributed by atoms with Crippen molar-refractivity contribution >= 4 is 5.78 Å². The molecule has 72 valence electrons. The molecule has 0 saturated heterocycles. The second-order valence-electron chi connectivity index (χ2n) is 2.87. The average molecular weight is 182 g/mol. The van der Waals surface area contributed by atoms with Crippen molar-refractivity contribution in [3.05, 3.63) is 0 Å². The van der Waals surface area contributed by atoms with Crippen LogP contribution in [0.4, 0.5) is 13.2 Å². The van der Waals surface area contributed by atoms with Crippen molar-refractivity contribution in [1.29, 1.82) is 0 Å². The van der Waals surface area contributed by atoms with Gasteiger partial charge in [0.1, 0.15) is 5.78 Å². The van der Waals surface area contributed by atoms with E-state index < -0.39 is 18.5 Å². The lowest BCUT2D eigenvalue weighted by Gasteiger charge is -2.10. The Morgan fingerprint density at radius 1 is 1.42 bits per heavy atom. The van der Waals surface area contributed by atoms with Crippen molar-refractivity contribution in [2.24, 2.45) is 5.92 Å². The molecule has 0 spiro atoms. The highest BCUT2D eigenvalue weighted by Crippen LogP contribution is 2.24. The zero-order chi connectivity index (χ0) is 9.78. The second-order valence-corrected chi connectivity index (χ2v) is 2.87. The van der Waals surface area contributed by atoms with E-state index in [4.69, 9.17) is 0 Å². The van der Waals surface area contributed by atoms with E-state index >= 15 is 0 Å². The van der Waals surface area contributed by atoms with Crippen molar-refractivity contribution in [3.8, 4) is 0 Å². The SMILES string of the molecule is CCC(=O)C(C)CCC(F)(F)F. The molecule has 0 saturated carbocycles. The molecule has 0 N–H and O–H groups in total. The Bertz CT molecular complexity index is 151. The van der Waals surface area contributed by atoms with E-state index in [1.807, 2.05) is 0 Å². The zero-order valence-corrected chi connectivity index (χ0v) is 7.24. The maximum atomic E-state index is 11.7. The first-order chi connectivity index (χ1) is 5.37. The van der Waals surface area contributed by atoms with Gasteiger partial charge in [-0.1, -0.05) is 13.8 Å². The molecule has 0 bridgehead atoms. The van der Waals surface area contributed by atoms with Gasteiger partial charge < -0.3 is 0 Å². The maximum absolute atomic E-state index is 11.7. The summed E-state index contributed by atoms with van der Waals surface area (Å²) in [6, 6.07) is 0. The van der Waals surface area contributed by atoms with Crippen LogP contribution >= 0.6 is 0 Å². The van der Waals surface area contributed by atoms with E-state index in [1.165, 1.54) is 6.92 Å². The standard InChI is InChI=1S/C8H13F3O/c1-3-7(12)6(2)4-5-8(9,10)11/h6H,3-5H2,1-2H3. The number of carbonyl (C=O) groups excluding carboxylic acids is 1. The summed E-state index contributed by atoms with van der Waals surface area (Å²) in [5.74, 6) is -0.559. The number of hydrogen-bond donors (Lipinski definition) is 0. The van der Waals surface area contributed by atoms with Gasteiger partial charge in [-0.25, -0.2) is 0 Å². The molecule has 0 fully saturated rings. The molecule has 0 radical (unpaired) electrons. The van der Waals surface area contributed by atoms with Crippen molar-refractivity contribution < 1.29 is 18.0 Å². The third-order valence-electron chi connectivity index (χ3n) is 1.76. The highest BCUT2D eigenvalue weighted by atomic mass is 19.4. The highest BCUT2D eigenvalue weighted by molar-refractivity contribution is 5.80. The minimum atomic E-state index is -4.14. The molecule has 0 aromatic heterocycles. The zero-order valence-electron chi connectivity index (χ0n) is 7.24. The highest BCUT2D eigenvalue weighted by Gasteiger charge is 2.28. The van der Waals surface area contributed by atoms with Crippen LogP contribution in [0, 0.1) is 5.92 Å². The number of alkyl halides is 3. The molecular formula is C8H13F3O. The summed E-state index contributed by atoms with van der Waals surface area (Å²) >= 11 is 0. The van der Waals surface area contributed by atoms with Gasteiger partial charge >= 0.3 is 6.18 Å². The summed E-state index contributed by atoms with van der Waals surface area (Å²) in [5.41, 5.74) is 0. The molecular weight excluding hydrogens is 169 g/mol. The van der Waals surface area contributed by atoms with Crippen LogP contribution in [-0.4, -0.2) is 12.0 Å². The van der Waals surface area contributed by atoms with E-state index in [2.05, 4.69) is 0 Å². The van der Waals surface area contributed by atoms with Crippen LogP contribution in [0.25, 0.3) is 0 Å². The summed E-state index contributed by atoms with van der Waals surface area (Å²) in [4.78, 5) is 10.9. The van der Waals surface area contributed by atoms with Gasteiger partial charge in [-0.05, 0) is 6.42 Å². The lowest BCUT2D eigenvalue weighted by Crippen LogP contribution is -2.14. The van der Waals surface area contributed by atoms with E-state index in [0.717, 1.165) is 0 Å². The van der Waals surface area contributed by atoms with Crippen molar-refractivity contribution in [2.75, 3.05) is 0 Å². The maximum Gasteiger partial charge on any atom is 0.389 e. The van der Waals surface area contributed by atoms with Gasteiger partial charge in [0, 0.05) is 18.8 Å². The Labute approximate surface area is 70.0 Å². The summed E-state index contributed by atoms with van der Waals surface area (Å²) in [6.45, 7) is 3.20. The Morgan fingerprint density at radius 3 is 2.25 bits per heavy atom. The van der Waals surface area contributed by atoms with Crippen LogP contribution in [-0.2, 0) is 4.79 Å². The molecule has 0 aliphatic carbocycles. The average Bonchev–Trinajstić information content (AvgIpc) is 1.97. The van der Waals surface area contributed by atoms with Gasteiger partial charge in [-0.2, -0.15) is 13.2 Å². The van der Waals surface area contributed by atoms with Gasteiger partial charge in [0.05, 0.1) is 0 Å². The minimum Gasteiger partial charge on any atom is -0.299 e. The molecule has 0 rings (SSSR count). The van der Waals surface area contributed by atoms with Gasteiger partial charge in [-0.3, -0.25) is 4.79 Å². The third kappa shape index (κ3) is 5.16. The Hall–Kier alpha value is -0.540.